The van der Waals surface area contributed by atoms with Crippen molar-refractivity contribution in [1.29, 1.82) is 5.26 Å². The molecule has 4 aromatic rings. The van der Waals surface area contributed by atoms with Crippen molar-refractivity contribution in [3.05, 3.63) is 72.4 Å². The van der Waals surface area contributed by atoms with Crippen LogP contribution in [0.15, 0.2) is 65.7 Å². The van der Waals surface area contributed by atoms with Gasteiger partial charge in [-0.15, -0.1) is 0 Å². The molecule has 3 aromatic heterocycles. The molecule has 0 aliphatic carbocycles. The SMILES string of the molecule is COc1ccc(CNc2nc(-c3ccco3)c(-c3ccncn3)cc2C#N)c(OC)c1. The largest absolute Gasteiger partial charge is 0.497 e. The lowest BCUT2D eigenvalue weighted by Crippen LogP contribution is -2.07. The van der Waals surface area contributed by atoms with E-state index >= 15 is 0 Å². The van der Waals surface area contributed by atoms with Gasteiger partial charge in [0.05, 0.1) is 31.7 Å². The van der Waals surface area contributed by atoms with Gasteiger partial charge in [-0.2, -0.15) is 5.26 Å². The van der Waals surface area contributed by atoms with Gasteiger partial charge in [0.1, 0.15) is 35.4 Å². The molecule has 3 heterocycles. The topological polar surface area (TPSA) is 106 Å². The van der Waals surface area contributed by atoms with E-state index in [1.165, 1.54) is 6.33 Å². The van der Waals surface area contributed by atoms with Crippen LogP contribution < -0.4 is 14.8 Å². The van der Waals surface area contributed by atoms with Gasteiger partial charge in [0.2, 0.25) is 0 Å². The summed E-state index contributed by atoms with van der Waals surface area (Å²) in [6.07, 6.45) is 4.67. The quantitative estimate of drug-likeness (QED) is 0.478. The lowest BCUT2D eigenvalue weighted by Gasteiger charge is -2.14. The summed E-state index contributed by atoms with van der Waals surface area (Å²) in [7, 11) is 3.20. The Kier molecular flexibility index (Phi) is 5.76. The maximum absolute atomic E-state index is 9.75. The van der Waals surface area contributed by atoms with Gasteiger partial charge < -0.3 is 19.2 Å². The van der Waals surface area contributed by atoms with E-state index in [1.54, 1.807) is 44.9 Å². The smallest absolute Gasteiger partial charge is 0.153 e. The lowest BCUT2D eigenvalue weighted by molar-refractivity contribution is 0.391. The van der Waals surface area contributed by atoms with Gasteiger partial charge in [-0.1, -0.05) is 0 Å². The fourth-order valence-corrected chi connectivity index (χ4v) is 3.16. The molecule has 8 heteroatoms. The number of hydrogen-bond acceptors (Lipinski definition) is 8. The minimum Gasteiger partial charge on any atom is -0.497 e. The van der Waals surface area contributed by atoms with Gasteiger partial charge in [0.15, 0.2) is 5.76 Å². The van der Waals surface area contributed by atoms with Crippen LogP contribution in [-0.4, -0.2) is 29.2 Å². The molecule has 8 nitrogen and oxygen atoms in total. The molecule has 1 aromatic carbocycles. The Morgan fingerprint density at radius 2 is 2.03 bits per heavy atom. The van der Waals surface area contributed by atoms with Crippen LogP contribution in [0.5, 0.6) is 11.5 Å². The number of anilines is 1. The summed E-state index contributed by atoms with van der Waals surface area (Å²) in [4.78, 5) is 13.0. The lowest BCUT2D eigenvalue weighted by atomic mass is 10.0. The summed E-state index contributed by atoms with van der Waals surface area (Å²) in [5.74, 6) is 2.38. The normalized spacial score (nSPS) is 10.4. The van der Waals surface area contributed by atoms with Crippen LogP contribution in [0.1, 0.15) is 11.1 Å². The summed E-state index contributed by atoms with van der Waals surface area (Å²) in [5.41, 5.74) is 3.19. The first-order chi connectivity index (χ1) is 15.2. The second-order valence-electron chi connectivity index (χ2n) is 6.50. The van der Waals surface area contributed by atoms with Crippen molar-refractivity contribution >= 4 is 5.82 Å². The molecule has 0 aliphatic rings. The highest BCUT2D eigenvalue weighted by Crippen LogP contribution is 2.33. The fourth-order valence-electron chi connectivity index (χ4n) is 3.16. The molecule has 0 radical (unpaired) electrons. The highest BCUT2D eigenvalue weighted by molar-refractivity contribution is 5.80. The predicted molar refractivity (Wildman–Crippen MR) is 115 cm³/mol. The number of ether oxygens (including phenoxy) is 2. The fraction of sp³-hybridized carbons (Fsp3) is 0.130. The molecule has 0 fully saturated rings. The van der Waals surface area contributed by atoms with Crippen LogP contribution in [0, 0.1) is 11.3 Å². The zero-order chi connectivity index (χ0) is 21.6. The van der Waals surface area contributed by atoms with E-state index in [-0.39, 0.29) is 0 Å². The Morgan fingerprint density at radius 3 is 2.71 bits per heavy atom. The molecule has 0 aliphatic heterocycles. The van der Waals surface area contributed by atoms with E-state index in [2.05, 4.69) is 21.4 Å². The molecule has 0 saturated carbocycles. The van der Waals surface area contributed by atoms with Gasteiger partial charge in [0.25, 0.3) is 0 Å². The van der Waals surface area contributed by atoms with Gasteiger partial charge in [0, 0.05) is 29.9 Å². The zero-order valence-corrected chi connectivity index (χ0v) is 17.0. The molecule has 0 bridgehead atoms. The molecule has 154 valence electrons. The van der Waals surface area contributed by atoms with Crippen molar-refractivity contribution in [2.24, 2.45) is 0 Å². The maximum atomic E-state index is 9.75. The molecule has 31 heavy (non-hydrogen) atoms. The standard InChI is InChI=1S/C23H19N5O3/c1-29-17-6-5-15(21(11-17)30-2)13-26-23-16(12-24)10-18(19-7-8-25-14-27-19)22(28-23)20-4-3-9-31-20/h3-11,14H,13H2,1-2H3,(H,26,28). The van der Waals surface area contributed by atoms with Crippen LogP contribution >= 0.6 is 0 Å². The van der Waals surface area contributed by atoms with Crippen LogP contribution in [0.2, 0.25) is 0 Å². The molecule has 0 amide bonds. The van der Waals surface area contributed by atoms with Crippen LogP contribution in [0.25, 0.3) is 22.7 Å². The first kappa shape index (κ1) is 19.9. The highest BCUT2D eigenvalue weighted by atomic mass is 16.5. The molecule has 0 atom stereocenters. The van der Waals surface area contributed by atoms with E-state index in [4.69, 9.17) is 18.9 Å². The Labute approximate surface area is 179 Å². The van der Waals surface area contributed by atoms with Crippen LogP contribution in [0.3, 0.4) is 0 Å². The van der Waals surface area contributed by atoms with Crippen molar-refractivity contribution in [2.45, 2.75) is 6.54 Å². The number of nitrogens with one attached hydrogen (secondary N) is 1. The Bertz CT molecular complexity index is 1220. The summed E-state index contributed by atoms with van der Waals surface area (Å²) in [5, 5.41) is 13.0. The highest BCUT2D eigenvalue weighted by Gasteiger charge is 2.18. The average molecular weight is 413 g/mol. The van der Waals surface area contributed by atoms with Crippen molar-refractivity contribution in [1.82, 2.24) is 15.0 Å². The minimum absolute atomic E-state index is 0.386. The average Bonchev–Trinajstić information content (AvgIpc) is 3.37. The van der Waals surface area contributed by atoms with Crippen molar-refractivity contribution in [3.63, 3.8) is 0 Å². The molecule has 4 rings (SSSR count). The number of furan rings is 1. The first-order valence-electron chi connectivity index (χ1n) is 9.43. The summed E-state index contributed by atoms with van der Waals surface area (Å²) in [6.45, 7) is 0.402. The Morgan fingerprint density at radius 1 is 1.13 bits per heavy atom. The van der Waals surface area contributed by atoms with Crippen LogP contribution in [0.4, 0.5) is 5.82 Å². The predicted octanol–water partition coefficient (Wildman–Crippen LogP) is 4.30. The molecule has 0 unspecified atom stereocenters. The zero-order valence-electron chi connectivity index (χ0n) is 17.0. The van der Waals surface area contributed by atoms with Crippen molar-refractivity contribution in [3.8, 4) is 40.3 Å². The summed E-state index contributed by atoms with van der Waals surface area (Å²) in [6, 6.07) is 14.9. The van der Waals surface area contributed by atoms with Gasteiger partial charge in [-0.05, 0) is 36.4 Å². The van der Waals surface area contributed by atoms with E-state index in [9.17, 15) is 5.26 Å². The number of aromatic nitrogens is 3. The first-order valence-corrected chi connectivity index (χ1v) is 9.43. The van der Waals surface area contributed by atoms with Crippen molar-refractivity contribution in [2.75, 3.05) is 19.5 Å². The number of pyridine rings is 1. The number of nitrogens with zero attached hydrogens (tertiary/aromatic N) is 4. The molecule has 0 saturated heterocycles. The van der Waals surface area contributed by atoms with Crippen molar-refractivity contribution < 1.29 is 13.9 Å². The van der Waals surface area contributed by atoms with Crippen LogP contribution in [-0.2, 0) is 6.54 Å². The van der Waals surface area contributed by atoms with Gasteiger partial charge in [-0.3, -0.25) is 0 Å². The van der Waals surface area contributed by atoms with E-state index in [0.717, 1.165) is 5.56 Å². The number of benzene rings is 1. The Balaban J connectivity index is 1.74. The number of methoxy groups -OCH3 is 2. The third-order valence-corrected chi connectivity index (χ3v) is 4.70. The third-order valence-electron chi connectivity index (χ3n) is 4.70. The maximum Gasteiger partial charge on any atom is 0.153 e. The summed E-state index contributed by atoms with van der Waals surface area (Å²) >= 11 is 0. The minimum atomic E-state index is 0.386. The van der Waals surface area contributed by atoms with E-state index < -0.39 is 0 Å². The Hall–Kier alpha value is -4.38. The van der Waals surface area contributed by atoms with E-state index in [1.807, 2.05) is 24.3 Å². The summed E-state index contributed by atoms with van der Waals surface area (Å²) < 4.78 is 16.3. The molecular weight excluding hydrogens is 394 g/mol. The van der Waals surface area contributed by atoms with Gasteiger partial charge >= 0.3 is 0 Å². The van der Waals surface area contributed by atoms with E-state index in [0.29, 0.717) is 52.1 Å². The second kappa shape index (κ2) is 8.97. The number of nitriles is 1. The second-order valence-corrected chi connectivity index (χ2v) is 6.50. The number of hydrogen-bond donors (Lipinski definition) is 1. The third kappa shape index (κ3) is 4.16. The molecule has 0 spiro atoms. The molecule has 1 N–H and O–H groups in total. The van der Waals surface area contributed by atoms with Gasteiger partial charge in [-0.25, -0.2) is 15.0 Å². The monoisotopic (exact) mass is 413 g/mol. The number of rotatable bonds is 7. The molecular formula is C23H19N5O3.